The molecule has 0 saturated carbocycles. The van der Waals surface area contributed by atoms with Gasteiger partial charge in [0.2, 0.25) is 0 Å². The first-order valence-corrected chi connectivity index (χ1v) is 8.76. The molecule has 1 N–H and O–H groups in total. The van der Waals surface area contributed by atoms with Crippen molar-refractivity contribution in [3.8, 4) is 5.75 Å². The first kappa shape index (κ1) is 20.1. The smallest absolute Gasteiger partial charge is 0.255 e. The standard InChI is InChI=1S/C20H26ClN3O2/c1-23(2)16-9-6-14(7-10-16)18(24(3)4)13-22-20(25)17-12-15(21)8-11-19(17)26-5/h6-12,18H,13H2,1-5H3,(H,22,25)/t18-/m1/s1. The summed E-state index contributed by atoms with van der Waals surface area (Å²) in [6, 6.07) is 13.4. The van der Waals surface area contributed by atoms with Gasteiger partial charge in [0, 0.05) is 31.4 Å². The Bertz CT molecular complexity index is 745. The van der Waals surface area contributed by atoms with E-state index >= 15 is 0 Å². The van der Waals surface area contributed by atoms with E-state index in [4.69, 9.17) is 16.3 Å². The van der Waals surface area contributed by atoms with Gasteiger partial charge in [-0.3, -0.25) is 4.79 Å². The molecule has 0 aromatic heterocycles. The number of carbonyl (C=O) groups excluding carboxylic acids is 1. The SMILES string of the molecule is COc1ccc(Cl)cc1C(=O)NC[C@H](c1ccc(N(C)C)cc1)N(C)C. The van der Waals surface area contributed by atoms with E-state index in [1.165, 1.54) is 7.11 Å². The maximum Gasteiger partial charge on any atom is 0.255 e. The molecule has 1 atom stereocenters. The number of halogens is 1. The Kier molecular flexibility index (Phi) is 6.89. The minimum Gasteiger partial charge on any atom is -0.496 e. The van der Waals surface area contributed by atoms with Crippen LogP contribution in [0.2, 0.25) is 5.02 Å². The van der Waals surface area contributed by atoms with E-state index in [1.807, 2.05) is 28.2 Å². The lowest BCUT2D eigenvalue weighted by Gasteiger charge is -2.26. The van der Waals surface area contributed by atoms with E-state index in [0.717, 1.165) is 11.3 Å². The van der Waals surface area contributed by atoms with Crippen molar-refractivity contribution in [1.82, 2.24) is 10.2 Å². The summed E-state index contributed by atoms with van der Waals surface area (Å²) in [5, 5.41) is 3.49. The summed E-state index contributed by atoms with van der Waals surface area (Å²) < 4.78 is 5.26. The van der Waals surface area contributed by atoms with Crippen molar-refractivity contribution < 1.29 is 9.53 Å². The van der Waals surface area contributed by atoms with Gasteiger partial charge in [-0.15, -0.1) is 0 Å². The van der Waals surface area contributed by atoms with Gasteiger partial charge < -0.3 is 19.9 Å². The van der Waals surface area contributed by atoms with Crippen LogP contribution in [0.25, 0.3) is 0 Å². The van der Waals surface area contributed by atoms with Crippen LogP contribution in [0.5, 0.6) is 5.75 Å². The van der Waals surface area contributed by atoms with Gasteiger partial charge in [-0.05, 0) is 50.0 Å². The van der Waals surface area contributed by atoms with Crippen molar-refractivity contribution in [2.75, 3.05) is 46.7 Å². The highest BCUT2D eigenvalue weighted by molar-refractivity contribution is 6.31. The topological polar surface area (TPSA) is 44.8 Å². The van der Waals surface area contributed by atoms with Crippen molar-refractivity contribution in [3.63, 3.8) is 0 Å². The van der Waals surface area contributed by atoms with Gasteiger partial charge in [-0.25, -0.2) is 0 Å². The number of nitrogens with one attached hydrogen (secondary N) is 1. The van der Waals surface area contributed by atoms with Crippen LogP contribution in [-0.2, 0) is 0 Å². The van der Waals surface area contributed by atoms with Crippen LogP contribution in [0.15, 0.2) is 42.5 Å². The molecule has 26 heavy (non-hydrogen) atoms. The average Bonchev–Trinajstić information content (AvgIpc) is 2.61. The molecule has 0 aliphatic carbocycles. The molecule has 0 spiro atoms. The fourth-order valence-corrected chi connectivity index (χ4v) is 2.91. The van der Waals surface area contributed by atoms with Gasteiger partial charge >= 0.3 is 0 Å². The molecular weight excluding hydrogens is 350 g/mol. The minimum absolute atomic E-state index is 0.0559. The van der Waals surface area contributed by atoms with E-state index < -0.39 is 0 Å². The van der Waals surface area contributed by atoms with Crippen LogP contribution >= 0.6 is 11.6 Å². The molecule has 1 amide bonds. The molecule has 0 unspecified atom stereocenters. The third-order valence-electron chi connectivity index (χ3n) is 4.28. The second kappa shape index (κ2) is 8.92. The lowest BCUT2D eigenvalue weighted by Crippen LogP contribution is -2.34. The predicted molar refractivity (Wildman–Crippen MR) is 108 cm³/mol. The van der Waals surface area contributed by atoms with Crippen LogP contribution in [0.1, 0.15) is 22.0 Å². The lowest BCUT2D eigenvalue weighted by atomic mass is 10.0. The highest BCUT2D eigenvalue weighted by Gasteiger charge is 2.18. The van der Waals surface area contributed by atoms with E-state index in [9.17, 15) is 4.79 Å². The minimum atomic E-state index is -0.207. The molecule has 0 aliphatic heterocycles. The summed E-state index contributed by atoms with van der Waals surface area (Å²) in [4.78, 5) is 16.7. The number of amides is 1. The molecule has 2 rings (SSSR count). The number of hydrogen-bond donors (Lipinski definition) is 1. The van der Waals surface area contributed by atoms with Crippen molar-refractivity contribution in [2.24, 2.45) is 0 Å². The van der Waals surface area contributed by atoms with Crippen LogP contribution in [0, 0.1) is 0 Å². The summed E-state index contributed by atoms with van der Waals surface area (Å²) in [6.07, 6.45) is 0. The maximum absolute atomic E-state index is 12.6. The molecule has 0 aliphatic rings. The lowest BCUT2D eigenvalue weighted by molar-refractivity contribution is 0.0939. The molecule has 0 heterocycles. The molecule has 0 saturated heterocycles. The monoisotopic (exact) mass is 375 g/mol. The molecule has 140 valence electrons. The number of rotatable bonds is 7. The van der Waals surface area contributed by atoms with Gasteiger partial charge in [0.05, 0.1) is 18.7 Å². The number of methoxy groups -OCH3 is 1. The molecule has 0 radical (unpaired) electrons. The molecule has 5 nitrogen and oxygen atoms in total. The van der Waals surface area contributed by atoms with Gasteiger partial charge in [0.25, 0.3) is 5.91 Å². The summed E-state index contributed by atoms with van der Waals surface area (Å²) in [7, 11) is 9.55. The molecule has 0 fully saturated rings. The van der Waals surface area contributed by atoms with Crippen LogP contribution in [-0.4, -0.2) is 52.7 Å². The van der Waals surface area contributed by atoms with Crippen molar-refractivity contribution in [3.05, 3.63) is 58.6 Å². The summed E-state index contributed by atoms with van der Waals surface area (Å²) in [5.74, 6) is 0.296. The third kappa shape index (κ3) is 4.90. The quantitative estimate of drug-likeness (QED) is 0.805. The van der Waals surface area contributed by atoms with Crippen LogP contribution in [0.4, 0.5) is 5.69 Å². The second-order valence-corrected chi connectivity index (χ2v) is 6.96. The Labute approximate surface area is 160 Å². The van der Waals surface area contributed by atoms with Gasteiger partial charge in [0.15, 0.2) is 0 Å². The maximum atomic E-state index is 12.6. The van der Waals surface area contributed by atoms with E-state index in [2.05, 4.69) is 39.4 Å². The Morgan fingerprint density at radius 3 is 2.31 bits per heavy atom. The van der Waals surface area contributed by atoms with Gasteiger partial charge in [-0.2, -0.15) is 0 Å². The zero-order valence-electron chi connectivity index (χ0n) is 15.9. The largest absolute Gasteiger partial charge is 0.496 e. The molecule has 2 aromatic carbocycles. The summed E-state index contributed by atoms with van der Waals surface area (Å²) in [5.41, 5.74) is 2.71. The van der Waals surface area contributed by atoms with Gasteiger partial charge in [0.1, 0.15) is 5.75 Å². The number of carbonyl (C=O) groups is 1. The summed E-state index contributed by atoms with van der Waals surface area (Å²) in [6.45, 7) is 0.475. The third-order valence-corrected chi connectivity index (χ3v) is 4.51. The van der Waals surface area contributed by atoms with Crippen molar-refractivity contribution >= 4 is 23.2 Å². The normalized spacial score (nSPS) is 12.0. The Morgan fingerprint density at radius 2 is 1.77 bits per heavy atom. The van der Waals surface area contributed by atoms with E-state index in [0.29, 0.717) is 22.9 Å². The molecule has 6 heteroatoms. The van der Waals surface area contributed by atoms with Crippen molar-refractivity contribution in [2.45, 2.75) is 6.04 Å². The number of anilines is 1. The molecular formula is C20H26ClN3O2. The van der Waals surface area contributed by atoms with Gasteiger partial charge in [-0.1, -0.05) is 23.7 Å². The zero-order valence-corrected chi connectivity index (χ0v) is 16.7. The zero-order chi connectivity index (χ0) is 19.3. The Morgan fingerprint density at radius 1 is 1.12 bits per heavy atom. The summed E-state index contributed by atoms with van der Waals surface area (Å²) >= 11 is 6.02. The van der Waals surface area contributed by atoms with Crippen LogP contribution < -0.4 is 15.0 Å². The first-order valence-electron chi connectivity index (χ1n) is 8.39. The number of benzene rings is 2. The Hall–Kier alpha value is -2.24. The average molecular weight is 376 g/mol. The van der Waals surface area contributed by atoms with E-state index in [-0.39, 0.29) is 11.9 Å². The number of ether oxygens (including phenoxy) is 1. The Balaban J connectivity index is 2.13. The second-order valence-electron chi connectivity index (χ2n) is 6.52. The highest BCUT2D eigenvalue weighted by atomic mass is 35.5. The number of hydrogen-bond acceptors (Lipinski definition) is 4. The molecule has 0 bridgehead atoms. The predicted octanol–water partition coefficient (Wildman–Crippen LogP) is 3.45. The van der Waals surface area contributed by atoms with Crippen LogP contribution in [0.3, 0.4) is 0 Å². The number of nitrogens with zero attached hydrogens (tertiary/aromatic N) is 2. The van der Waals surface area contributed by atoms with Crippen molar-refractivity contribution in [1.29, 1.82) is 0 Å². The van der Waals surface area contributed by atoms with E-state index in [1.54, 1.807) is 18.2 Å². The fourth-order valence-electron chi connectivity index (χ4n) is 2.74. The number of likely N-dealkylation sites (N-methyl/N-ethyl adjacent to an activating group) is 1. The highest BCUT2D eigenvalue weighted by Crippen LogP contribution is 2.24. The molecule has 2 aromatic rings. The first-order chi connectivity index (χ1) is 12.3. The fraction of sp³-hybridized carbons (Fsp3) is 0.350.